The number of hydrogen-bond acceptors (Lipinski definition) is 7. The summed E-state index contributed by atoms with van der Waals surface area (Å²) in [6.07, 6.45) is 1.12. The largest absolute Gasteiger partial charge is 0.496 e. The maximum absolute atomic E-state index is 12.9. The summed E-state index contributed by atoms with van der Waals surface area (Å²) in [5, 5.41) is 12.5. The molecule has 0 aliphatic heterocycles. The van der Waals surface area contributed by atoms with E-state index in [-0.39, 0.29) is 12.2 Å². The lowest BCUT2D eigenvalue weighted by atomic mass is 10.1. The van der Waals surface area contributed by atoms with E-state index in [2.05, 4.69) is 16.5 Å². The third kappa shape index (κ3) is 4.91. The molecule has 1 aromatic carbocycles. The van der Waals surface area contributed by atoms with Gasteiger partial charge in [0.15, 0.2) is 0 Å². The number of thiophene rings is 1. The van der Waals surface area contributed by atoms with E-state index >= 15 is 0 Å². The molecule has 3 aromatic rings. The lowest BCUT2D eigenvalue weighted by molar-refractivity contribution is 0.0381. The number of benzene rings is 1. The zero-order valence-corrected chi connectivity index (χ0v) is 17.4. The van der Waals surface area contributed by atoms with Crippen LogP contribution in [0.4, 0.5) is 0 Å². The molecule has 0 aliphatic carbocycles. The molecule has 0 amide bonds. The van der Waals surface area contributed by atoms with Crippen LogP contribution in [0, 0.1) is 0 Å². The van der Waals surface area contributed by atoms with Gasteiger partial charge in [-0.05, 0) is 6.07 Å². The fourth-order valence-corrected chi connectivity index (χ4v) is 4.23. The molecule has 2 N–H and O–H groups in total. The molecule has 0 saturated carbocycles. The standard InChI is InChI=1S/C21H25N3O4S/c1-4-9-24(10-14(25)12-27-2)11-18-22-20(26)19-16(13-29-21(19)23-18)15-7-5-6-8-17(15)28-3/h4-8,13-14,25H,1,9-12H2,2-3H3,(H,22,23,26). The van der Waals surface area contributed by atoms with E-state index in [9.17, 15) is 9.90 Å². The fraction of sp³-hybridized carbons (Fsp3) is 0.333. The first-order chi connectivity index (χ1) is 14.1. The van der Waals surface area contributed by atoms with Crippen LogP contribution < -0.4 is 10.3 Å². The second-order valence-corrected chi connectivity index (χ2v) is 7.49. The minimum atomic E-state index is -0.630. The number of ether oxygens (including phenoxy) is 2. The van der Waals surface area contributed by atoms with Crippen LogP contribution in [-0.4, -0.2) is 60.0 Å². The Labute approximate surface area is 173 Å². The van der Waals surface area contributed by atoms with Crippen LogP contribution >= 0.6 is 11.3 Å². The van der Waals surface area contributed by atoms with Gasteiger partial charge < -0.3 is 19.6 Å². The van der Waals surface area contributed by atoms with Gasteiger partial charge in [-0.25, -0.2) is 4.98 Å². The lowest BCUT2D eigenvalue weighted by Gasteiger charge is -2.22. The van der Waals surface area contributed by atoms with E-state index < -0.39 is 6.10 Å². The van der Waals surface area contributed by atoms with Crippen molar-refractivity contribution in [1.29, 1.82) is 0 Å². The van der Waals surface area contributed by atoms with E-state index in [0.717, 1.165) is 11.1 Å². The number of aliphatic hydroxyl groups is 1. The molecule has 7 nitrogen and oxygen atoms in total. The molecule has 2 aromatic heterocycles. The number of fused-ring (bicyclic) bond motifs is 1. The molecular formula is C21H25N3O4S. The summed E-state index contributed by atoms with van der Waals surface area (Å²) in [6.45, 7) is 5.33. The minimum Gasteiger partial charge on any atom is -0.496 e. The Morgan fingerprint density at radius 3 is 2.86 bits per heavy atom. The van der Waals surface area contributed by atoms with E-state index in [1.54, 1.807) is 20.3 Å². The van der Waals surface area contributed by atoms with Crippen molar-refractivity contribution in [1.82, 2.24) is 14.9 Å². The summed E-state index contributed by atoms with van der Waals surface area (Å²) < 4.78 is 10.4. The van der Waals surface area contributed by atoms with Crippen molar-refractivity contribution in [2.45, 2.75) is 12.6 Å². The van der Waals surface area contributed by atoms with Crippen molar-refractivity contribution in [2.75, 3.05) is 33.9 Å². The molecule has 0 radical (unpaired) electrons. The van der Waals surface area contributed by atoms with Crippen LogP contribution in [0.5, 0.6) is 5.75 Å². The smallest absolute Gasteiger partial charge is 0.260 e. The maximum Gasteiger partial charge on any atom is 0.260 e. The zero-order valence-electron chi connectivity index (χ0n) is 16.6. The average molecular weight is 416 g/mol. The van der Waals surface area contributed by atoms with Gasteiger partial charge >= 0.3 is 0 Å². The van der Waals surface area contributed by atoms with Crippen LogP contribution in [0.25, 0.3) is 21.3 Å². The van der Waals surface area contributed by atoms with Crippen molar-refractivity contribution in [3.05, 3.63) is 58.5 Å². The van der Waals surface area contributed by atoms with Gasteiger partial charge in [0.05, 0.1) is 31.8 Å². The monoisotopic (exact) mass is 415 g/mol. The Kier molecular flexibility index (Phi) is 7.16. The van der Waals surface area contributed by atoms with Crippen molar-refractivity contribution >= 4 is 21.6 Å². The minimum absolute atomic E-state index is 0.192. The summed E-state index contributed by atoms with van der Waals surface area (Å²) in [5.74, 6) is 1.25. The predicted molar refractivity (Wildman–Crippen MR) is 116 cm³/mol. The van der Waals surface area contributed by atoms with Crippen molar-refractivity contribution in [3.8, 4) is 16.9 Å². The first kappa shape index (κ1) is 21.2. The summed E-state index contributed by atoms with van der Waals surface area (Å²) in [7, 11) is 3.16. The highest BCUT2D eigenvalue weighted by atomic mass is 32.1. The van der Waals surface area contributed by atoms with Gasteiger partial charge in [0.1, 0.15) is 16.4 Å². The van der Waals surface area contributed by atoms with Crippen molar-refractivity contribution in [2.24, 2.45) is 0 Å². The van der Waals surface area contributed by atoms with E-state index in [4.69, 9.17) is 9.47 Å². The molecule has 8 heteroatoms. The third-order valence-electron chi connectivity index (χ3n) is 4.48. The molecule has 0 aliphatic rings. The third-order valence-corrected chi connectivity index (χ3v) is 5.35. The van der Waals surface area contributed by atoms with Gasteiger partial charge in [0.2, 0.25) is 0 Å². The number of H-pyrrole nitrogens is 1. The number of aromatic nitrogens is 2. The first-order valence-corrected chi connectivity index (χ1v) is 10.1. The summed E-state index contributed by atoms with van der Waals surface area (Å²) >= 11 is 1.42. The molecule has 29 heavy (non-hydrogen) atoms. The molecule has 3 rings (SSSR count). The predicted octanol–water partition coefficient (Wildman–Crippen LogP) is 2.66. The molecule has 0 saturated heterocycles. The summed E-state index contributed by atoms with van der Waals surface area (Å²) in [5.41, 5.74) is 1.47. The SMILES string of the molecule is C=CCN(Cc1nc2scc(-c3ccccc3OC)c2c(=O)[nH]1)CC(O)COC. The summed E-state index contributed by atoms with van der Waals surface area (Å²) in [6, 6.07) is 7.60. The number of hydrogen-bond donors (Lipinski definition) is 2. The molecule has 0 spiro atoms. The van der Waals surface area contributed by atoms with Crippen molar-refractivity contribution < 1.29 is 14.6 Å². The topological polar surface area (TPSA) is 87.7 Å². The van der Waals surface area contributed by atoms with Gasteiger partial charge in [0, 0.05) is 36.7 Å². The Bertz CT molecular complexity index is 1030. The number of aromatic amines is 1. The van der Waals surface area contributed by atoms with Crippen LogP contribution in [0.15, 0.2) is 47.1 Å². The average Bonchev–Trinajstić information content (AvgIpc) is 3.12. The van der Waals surface area contributed by atoms with Crippen LogP contribution in [-0.2, 0) is 11.3 Å². The molecule has 1 unspecified atom stereocenters. The number of para-hydroxylation sites is 1. The number of methoxy groups -OCH3 is 2. The molecule has 0 fully saturated rings. The Hall–Kier alpha value is -2.52. The zero-order chi connectivity index (χ0) is 20.8. The number of aliphatic hydroxyl groups excluding tert-OH is 1. The first-order valence-electron chi connectivity index (χ1n) is 9.21. The van der Waals surface area contributed by atoms with Crippen LogP contribution in [0.1, 0.15) is 5.82 Å². The van der Waals surface area contributed by atoms with Gasteiger partial charge in [-0.1, -0.05) is 24.3 Å². The molecule has 154 valence electrons. The Morgan fingerprint density at radius 1 is 1.34 bits per heavy atom. The molecule has 0 bridgehead atoms. The quantitative estimate of drug-likeness (QED) is 0.495. The lowest BCUT2D eigenvalue weighted by Crippen LogP contribution is -2.35. The van der Waals surface area contributed by atoms with E-state index in [1.807, 2.05) is 34.5 Å². The highest BCUT2D eigenvalue weighted by molar-refractivity contribution is 7.17. The van der Waals surface area contributed by atoms with Gasteiger partial charge in [-0.2, -0.15) is 0 Å². The van der Waals surface area contributed by atoms with Crippen molar-refractivity contribution in [3.63, 3.8) is 0 Å². The van der Waals surface area contributed by atoms with E-state index in [0.29, 0.717) is 41.4 Å². The maximum atomic E-state index is 12.9. The number of nitrogens with one attached hydrogen (secondary N) is 1. The van der Waals surface area contributed by atoms with Gasteiger partial charge in [-0.3, -0.25) is 9.69 Å². The number of nitrogens with zero attached hydrogens (tertiary/aromatic N) is 2. The molecule has 1 atom stereocenters. The van der Waals surface area contributed by atoms with Crippen LogP contribution in [0.3, 0.4) is 0 Å². The van der Waals surface area contributed by atoms with Crippen LogP contribution in [0.2, 0.25) is 0 Å². The highest BCUT2D eigenvalue weighted by Gasteiger charge is 2.17. The fourth-order valence-electron chi connectivity index (χ4n) is 3.27. The Morgan fingerprint density at radius 2 is 2.14 bits per heavy atom. The Balaban J connectivity index is 1.92. The number of rotatable bonds is 10. The van der Waals surface area contributed by atoms with Gasteiger partial charge in [0.25, 0.3) is 5.56 Å². The normalized spacial score (nSPS) is 12.4. The van der Waals surface area contributed by atoms with Gasteiger partial charge in [-0.15, -0.1) is 17.9 Å². The second-order valence-electron chi connectivity index (χ2n) is 6.63. The highest BCUT2D eigenvalue weighted by Crippen LogP contribution is 2.36. The molecular weight excluding hydrogens is 390 g/mol. The summed E-state index contributed by atoms with van der Waals surface area (Å²) in [4.78, 5) is 23.0. The molecule has 2 heterocycles. The van der Waals surface area contributed by atoms with E-state index in [1.165, 1.54) is 11.3 Å². The second kappa shape index (κ2) is 9.80.